The van der Waals surface area contributed by atoms with Gasteiger partial charge in [0.25, 0.3) is 0 Å². The number of aromatic nitrogens is 2. The van der Waals surface area contributed by atoms with Gasteiger partial charge in [-0.1, -0.05) is 6.92 Å². The standard InChI is InChI=1S/C12H21N5S/c1-2-4-10-14-11(16-13)9-12(15-10)17-5-3-7-18-8-6-17/h9H,2-8,13H2,1H3,(H,14,15,16). The fraction of sp³-hybridized carbons (Fsp3) is 0.667. The number of aryl methyl sites for hydroxylation is 1. The van der Waals surface area contributed by atoms with Gasteiger partial charge in [0, 0.05) is 31.3 Å². The predicted molar refractivity (Wildman–Crippen MR) is 78.0 cm³/mol. The number of anilines is 2. The second-order valence-corrected chi connectivity index (χ2v) is 5.60. The van der Waals surface area contributed by atoms with E-state index >= 15 is 0 Å². The molecule has 2 heterocycles. The van der Waals surface area contributed by atoms with Gasteiger partial charge in [0.15, 0.2) is 0 Å². The molecule has 0 radical (unpaired) electrons. The molecule has 1 aliphatic heterocycles. The number of nitrogens with one attached hydrogen (secondary N) is 1. The van der Waals surface area contributed by atoms with Crippen LogP contribution in [0.3, 0.4) is 0 Å². The number of hydrogen-bond donors (Lipinski definition) is 2. The van der Waals surface area contributed by atoms with Crippen LogP contribution >= 0.6 is 11.8 Å². The molecule has 1 saturated heterocycles. The van der Waals surface area contributed by atoms with Crippen LogP contribution in [-0.2, 0) is 6.42 Å². The average molecular weight is 267 g/mol. The highest BCUT2D eigenvalue weighted by atomic mass is 32.2. The molecule has 0 bridgehead atoms. The molecule has 0 saturated carbocycles. The summed E-state index contributed by atoms with van der Waals surface area (Å²) in [6, 6.07) is 1.94. The minimum Gasteiger partial charge on any atom is -0.356 e. The van der Waals surface area contributed by atoms with Crippen LogP contribution in [0.1, 0.15) is 25.6 Å². The van der Waals surface area contributed by atoms with Crippen LogP contribution in [0.4, 0.5) is 11.6 Å². The van der Waals surface area contributed by atoms with Gasteiger partial charge in [-0.25, -0.2) is 15.8 Å². The highest BCUT2D eigenvalue weighted by Gasteiger charge is 2.13. The van der Waals surface area contributed by atoms with Crippen molar-refractivity contribution in [1.82, 2.24) is 9.97 Å². The van der Waals surface area contributed by atoms with Crippen molar-refractivity contribution in [3.8, 4) is 0 Å². The Labute approximate surface area is 113 Å². The van der Waals surface area contributed by atoms with E-state index in [1.54, 1.807) is 0 Å². The summed E-state index contributed by atoms with van der Waals surface area (Å²) in [7, 11) is 0. The van der Waals surface area contributed by atoms with Gasteiger partial charge in [-0.2, -0.15) is 11.8 Å². The molecule has 1 aromatic rings. The normalized spacial score (nSPS) is 16.4. The van der Waals surface area contributed by atoms with Crippen LogP contribution < -0.4 is 16.2 Å². The van der Waals surface area contributed by atoms with Gasteiger partial charge in [0.05, 0.1) is 0 Å². The number of nitrogens with zero attached hydrogens (tertiary/aromatic N) is 3. The van der Waals surface area contributed by atoms with Gasteiger partial charge in [-0.15, -0.1) is 0 Å². The van der Waals surface area contributed by atoms with Crippen molar-refractivity contribution in [3.63, 3.8) is 0 Å². The second kappa shape index (κ2) is 6.80. The summed E-state index contributed by atoms with van der Waals surface area (Å²) in [5, 5.41) is 0. The summed E-state index contributed by atoms with van der Waals surface area (Å²) in [6.07, 6.45) is 3.15. The number of rotatable bonds is 4. The third kappa shape index (κ3) is 3.49. The minimum atomic E-state index is 0.709. The van der Waals surface area contributed by atoms with E-state index in [9.17, 15) is 0 Å². The van der Waals surface area contributed by atoms with E-state index in [2.05, 4.69) is 27.2 Å². The molecule has 5 nitrogen and oxygen atoms in total. The Hall–Kier alpha value is -1.01. The topological polar surface area (TPSA) is 67.1 Å². The molecular weight excluding hydrogens is 246 g/mol. The fourth-order valence-electron chi connectivity index (χ4n) is 2.03. The SMILES string of the molecule is CCCc1nc(NN)cc(N2CCCSCC2)n1. The fourth-order valence-corrected chi connectivity index (χ4v) is 2.92. The lowest BCUT2D eigenvalue weighted by Gasteiger charge is -2.22. The van der Waals surface area contributed by atoms with Crippen molar-refractivity contribution >= 4 is 23.4 Å². The largest absolute Gasteiger partial charge is 0.356 e. The lowest BCUT2D eigenvalue weighted by molar-refractivity contribution is 0.775. The Morgan fingerprint density at radius 2 is 2.28 bits per heavy atom. The Morgan fingerprint density at radius 3 is 3.06 bits per heavy atom. The molecule has 0 spiro atoms. The molecule has 18 heavy (non-hydrogen) atoms. The Balaban J connectivity index is 2.21. The highest BCUT2D eigenvalue weighted by molar-refractivity contribution is 7.99. The zero-order valence-electron chi connectivity index (χ0n) is 10.9. The summed E-state index contributed by atoms with van der Waals surface area (Å²) in [4.78, 5) is 11.4. The summed E-state index contributed by atoms with van der Waals surface area (Å²) in [6.45, 7) is 4.25. The zero-order chi connectivity index (χ0) is 12.8. The van der Waals surface area contributed by atoms with E-state index in [0.717, 1.165) is 37.6 Å². The van der Waals surface area contributed by atoms with Crippen LogP contribution in [-0.4, -0.2) is 34.6 Å². The van der Waals surface area contributed by atoms with Crippen LogP contribution in [0.5, 0.6) is 0 Å². The Morgan fingerprint density at radius 1 is 1.39 bits per heavy atom. The minimum absolute atomic E-state index is 0.709. The molecule has 0 amide bonds. The number of hydrazine groups is 1. The Bertz CT molecular complexity index is 377. The van der Waals surface area contributed by atoms with Crippen molar-refractivity contribution in [2.45, 2.75) is 26.2 Å². The van der Waals surface area contributed by atoms with E-state index in [4.69, 9.17) is 5.84 Å². The maximum absolute atomic E-state index is 5.48. The molecular formula is C12H21N5S. The van der Waals surface area contributed by atoms with E-state index in [-0.39, 0.29) is 0 Å². The van der Waals surface area contributed by atoms with E-state index in [1.165, 1.54) is 17.9 Å². The van der Waals surface area contributed by atoms with Gasteiger partial charge in [0.1, 0.15) is 17.5 Å². The lowest BCUT2D eigenvalue weighted by Crippen LogP contribution is -2.27. The van der Waals surface area contributed by atoms with E-state index in [1.807, 2.05) is 17.8 Å². The maximum Gasteiger partial charge on any atom is 0.145 e. The Kier molecular flexibility index (Phi) is 5.07. The third-order valence-electron chi connectivity index (χ3n) is 2.93. The van der Waals surface area contributed by atoms with Gasteiger partial charge < -0.3 is 10.3 Å². The number of nitrogens with two attached hydrogens (primary N) is 1. The lowest BCUT2D eigenvalue weighted by atomic mass is 10.3. The molecule has 100 valence electrons. The maximum atomic E-state index is 5.48. The number of hydrogen-bond acceptors (Lipinski definition) is 6. The number of nitrogen functional groups attached to an aromatic ring is 1. The first-order valence-corrected chi connectivity index (χ1v) is 7.66. The van der Waals surface area contributed by atoms with Crippen LogP contribution in [0.15, 0.2) is 6.07 Å². The quantitative estimate of drug-likeness (QED) is 0.639. The zero-order valence-corrected chi connectivity index (χ0v) is 11.7. The van der Waals surface area contributed by atoms with Crippen LogP contribution in [0.2, 0.25) is 0 Å². The van der Waals surface area contributed by atoms with Gasteiger partial charge >= 0.3 is 0 Å². The molecule has 0 aliphatic carbocycles. The van der Waals surface area contributed by atoms with Crippen molar-refractivity contribution in [2.75, 3.05) is 34.9 Å². The van der Waals surface area contributed by atoms with Crippen LogP contribution in [0, 0.1) is 0 Å². The predicted octanol–water partition coefficient (Wildman–Crippen LogP) is 1.66. The highest BCUT2D eigenvalue weighted by Crippen LogP contribution is 2.20. The number of thioether (sulfide) groups is 1. The smallest absolute Gasteiger partial charge is 0.145 e. The molecule has 0 aromatic carbocycles. The van der Waals surface area contributed by atoms with Crippen LogP contribution in [0.25, 0.3) is 0 Å². The molecule has 1 aliphatic rings. The molecule has 6 heteroatoms. The summed E-state index contributed by atoms with van der Waals surface area (Å²) >= 11 is 2.01. The van der Waals surface area contributed by atoms with Gasteiger partial charge in [-0.3, -0.25) is 0 Å². The summed E-state index contributed by atoms with van der Waals surface area (Å²) in [5.74, 6) is 10.5. The van der Waals surface area contributed by atoms with Gasteiger partial charge in [-0.05, 0) is 18.6 Å². The monoisotopic (exact) mass is 267 g/mol. The first kappa shape index (κ1) is 13.4. The van der Waals surface area contributed by atoms with E-state index in [0.29, 0.717) is 5.82 Å². The molecule has 3 N–H and O–H groups in total. The first-order valence-electron chi connectivity index (χ1n) is 6.50. The first-order chi connectivity index (χ1) is 8.83. The summed E-state index contributed by atoms with van der Waals surface area (Å²) < 4.78 is 0. The second-order valence-electron chi connectivity index (χ2n) is 4.37. The van der Waals surface area contributed by atoms with Crippen molar-refractivity contribution in [3.05, 3.63) is 11.9 Å². The van der Waals surface area contributed by atoms with Crippen molar-refractivity contribution in [1.29, 1.82) is 0 Å². The van der Waals surface area contributed by atoms with E-state index < -0.39 is 0 Å². The van der Waals surface area contributed by atoms with Gasteiger partial charge in [0.2, 0.25) is 0 Å². The molecule has 1 fully saturated rings. The molecule has 2 rings (SSSR count). The molecule has 0 atom stereocenters. The third-order valence-corrected chi connectivity index (χ3v) is 3.98. The van der Waals surface area contributed by atoms with Crippen molar-refractivity contribution in [2.24, 2.45) is 5.84 Å². The van der Waals surface area contributed by atoms with Crippen molar-refractivity contribution < 1.29 is 0 Å². The summed E-state index contributed by atoms with van der Waals surface area (Å²) in [5.41, 5.74) is 2.64. The molecule has 1 aromatic heterocycles. The molecule has 0 unspecified atom stereocenters. The average Bonchev–Trinajstić information content (AvgIpc) is 2.67.